The maximum Gasteiger partial charge on any atom is 0.180 e. The van der Waals surface area contributed by atoms with Crippen molar-refractivity contribution < 1.29 is 9.53 Å². The van der Waals surface area contributed by atoms with Crippen LogP contribution in [0.5, 0.6) is 5.75 Å². The number of likely N-dealkylation sites (tertiary alicyclic amines) is 1. The molecule has 0 amide bonds. The fourth-order valence-corrected chi connectivity index (χ4v) is 2.37. The number of ether oxygens (including phenoxy) is 1. The Labute approximate surface area is 102 Å². The summed E-state index contributed by atoms with van der Waals surface area (Å²) in [7, 11) is 1.60. The highest BCUT2D eigenvalue weighted by molar-refractivity contribution is 6.00. The third-order valence-electron chi connectivity index (χ3n) is 3.44. The molecule has 0 saturated carbocycles. The molecule has 0 spiro atoms. The summed E-state index contributed by atoms with van der Waals surface area (Å²) in [5, 5.41) is 0. The van der Waals surface area contributed by atoms with Crippen LogP contribution in [0.3, 0.4) is 0 Å². The number of carbonyl (C=O) groups is 1. The van der Waals surface area contributed by atoms with Crippen LogP contribution in [0.4, 0.5) is 0 Å². The molecule has 1 atom stereocenters. The van der Waals surface area contributed by atoms with Crippen LogP contribution in [-0.4, -0.2) is 36.9 Å². The zero-order valence-corrected chi connectivity index (χ0v) is 10.5. The van der Waals surface area contributed by atoms with E-state index in [-0.39, 0.29) is 5.78 Å². The Kier molecular flexibility index (Phi) is 3.79. The van der Waals surface area contributed by atoms with E-state index in [4.69, 9.17) is 4.74 Å². The van der Waals surface area contributed by atoms with Crippen molar-refractivity contribution in [1.29, 1.82) is 0 Å². The van der Waals surface area contributed by atoms with Gasteiger partial charge in [-0.25, -0.2) is 0 Å². The normalized spacial score (nSPS) is 20.5. The lowest BCUT2D eigenvalue weighted by Crippen LogP contribution is -2.32. The number of Topliss-reactive ketones (excluding diaryl/α,β-unsaturated/α-hetero) is 1. The third-order valence-corrected chi connectivity index (χ3v) is 3.44. The molecule has 3 nitrogen and oxygen atoms in total. The zero-order valence-electron chi connectivity index (χ0n) is 10.5. The van der Waals surface area contributed by atoms with Gasteiger partial charge in [0.2, 0.25) is 0 Å². The molecule has 17 heavy (non-hydrogen) atoms. The maximum absolute atomic E-state index is 12.2. The van der Waals surface area contributed by atoms with Gasteiger partial charge in [-0.1, -0.05) is 12.1 Å². The average molecular weight is 233 g/mol. The Bertz CT molecular complexity index is 403. The van der Waals surface area contributed by atoms with Crippen molar-refractivity contribution in [3.63, 3.8) is 0 Å². The quantitative estimate of drug-likeness (QED) is 0.748. The SMILES string of the molecule is COc1ccccc1C(=O)CN1CCCC1C. The number of carbonyl (C=O) groups excluding carboxylic acids is 1. The molecule has 1 saturated heterocycles. The minimum absolute atomic E-state index is 0.149. The molecule has 1 aromatic rings. The number of ketones is 1. The number of para-hydroxylation sites is 1. The highest BCUT2D eigenvalue weighted by atomic mass is 16.5. The molecule has 92 valence electrons. The molecule has 0 aliphatic carbocycles. The van der Waals surface area contributed by atoms with E-state index in [1.54, 1.807) is 7.11 Å². The van der Waals surface area contributed by atoms with E-state index in [1.165, 1.54) is 12.8 Å². The fraction of sp³-hybridized carbons (Fsp3) is 0.500. The number of hydrogen-bond acceptors (Lipinski definition) is 3. The van der Waals surface area contributed by atoms with Gasteiger partial charge in [-0.2, -0.15) is 0 Å². The lowest BCUT2D eigenvalue weighted by molar-refractivity contribution is 0.0923. The van der Waals surface area contributed by atoms with Gasteiger partial charge in [-0.3, -0.25) is 9.69 Å². The molecule has 1 aliphatic rings. The predicted molar refractivity (Wildman–Crippen MR) is 67.6 cm³/mol. The molecule has 1 unspecified atom stereocenters. The first-order valence-electron chi connectivity index (χ1n) is 6.12. The molecule has 1 aliphatic heterocycles. The van der Waals surface area contributed by atoms with Gasteiger partial charge in [0, 0.05) is 6.04 Å². The number of rotatable bonds is 4. The molecule has 1 heterocycles. The van der Waals surface area contributed by atoms with Gasteiger partial charge in [0.25, 0.3) is 0 Å². The van der Waals surface area contributed by atoms with Crippen LogP contribution in [0, 0.1) is 0 Å². The topological polar surface area (TPSA) is 29.5 Å². The average Bonchev–Trinajstić information content (AvgIpc) is 2.75. The van der Waals surface area contributed by atoms with E-state index in [0.29, 0.717) is 23.9 Å². The fourth-order valence-electron chi connectivity index (χ4n) is 2.37. The monoisotopic (exact) mass is 233 g/mol. The lowest BCUT2D eigenvalue weighted by Gasteiger charge is -2.20. The van der Waals surface area contributed by atoms with Gasteiger partial charge in [0.05, 0.1) is 19.2 Å². The second-order valence-electron chi connectivity index (χ2n) is 4.59. The highest BCUT2D eigenvalue weighted by Gasteiger charge is 2.23. The van der Waals surface area contributed by atoms with E-state index < -0.39 is 0 Å². The van der Waals surface area contributed by atoms with Gasteiger partial charge in [0.1, 0.15) is 5.75 Å². The highest BCUT2D eigenvalue weighted by Crippen LogP contribution is 2.21. The van der Waals surface area contributed by atoms with E-state index in [1.807, 2.05) is 24.3 Å². The largest absolute Gasteiger partial charge is 0.496 e. The first-order chi connectivity index (χ1) is 8.22. The molecule has 0 N–H and O–H groups in total. The van der Waals surface area contributed by atoms with Crippen molar-refractivity contribution in [3.8, 4) is 5.75 Å². The molecule has 0 bridgehead atoms. The third kappa shape index (κ3) is 2.67. The van der Waals surface area contributed by atoms with Crippen LogP contribution in [-0.2, 0) is 0 Å². The van der Waals surface area contributed by atoms with Crippen molar-refractivity contribution >= 4 is 5.78 Å². The van der Waals surface area contributed by atoms with Crippen LogP contribution in [0.25, 0.3) is 0 Å². The smallest absolute Gasteiger partial charge is 0.180 e. The second kappa shape index (κ2) is 5.32. The van der Waals surface area contributed by atoms with Crippen molar-refractivity contribution in [1.82, 2.24) is 4.90 Å². The first-order valence-corrected chi connectivity index (χ1v) is 6.12. The minimum atomic E-state index is 0.149. The standard InChI is InChI=1S/C14H19NO2/c1-11-6-5-9-15(11)10-13(16)12-7-3-4-8-14(12)17-2/h3-4,7-8,11H,5-6,9-10H2,1-2H3. The van der Waals surface area contributed by atoms with Crippen molar-refractivity contribution in [3.05, 3.63) is 29.8 Å². The van der Waals surface area contributed by atoms with Gasteiger partial charge in [-0.05, 0) is 38.4 Å². The van der Waals surface area contributed by atoms with Crippen LogP contribution in [0.15, 0.2) is 24.3 Å². The Balaban J connectivity index is 2.09. The summed E-state index contributed by atoms with van der Waals surface area (Å²) in [6, 6.07) is 7.95. The summed E-state index contributed by atoms with van der Waals surface area (Å²) in [6.07, 6.45) is 2.39. The van der Waals surface area contributed by atoms with Crippen LogP contribution in [0.1, 0.15) is 30.1 Å². The molecule has 0 radical (unpaired) electrons. The van der Waals surface area contributed by atoms with Gasteiger partial charge in [-0.15, -0.1) is 0 Å². The Morgan fingerprint density at radius 2 is 2.24 bits per heavy atom. The lowest BCUT2D eigenvalue weighted by atomic mass is 10.1. The van der Waals surface area contributed by atoms with E-state index in [0.717, 1.165) is 6.54 Å². The maximum atomic E-state index is 12.2. The number of methoxy groups -OCH3 is 1. The summed E-state index contributed by atoms with van der Waals surface area (Å²) in [5.74, 6) is 0.820. The van der Waals surface area contributed by atoms with Crippen LogP contribution in [0.2, 0.25) is 0 Å². The van der Waals surface area contributed by atoms with Crippen molar-refractivity contribution in [2.24, 2.45) is 0 Å². The van der Waals surface area contributed by atoms with Gasteiger partial charge in [0.15, 0.2) is 5.78 Å². The summed E-state index contributed by atoms with van der Waals surface area (Å²) in [4.78, 5) is 14.4. The predicted octanol–water partition coefficient (Wildman–Crippen LogP) is 2.36. The second-order valence-corrected chi connectivity index (χ2v) is 4.59. The van der Waals surface area contributed by atoms with E-state index in [2.05, 4.69) is 11.8 Å². The van der Waals surface area contributed by atoms with Crippen molar-refractivity contribution in [2.75, 3.05) is 20.2 Å². The Morgan fingerprint density at radius 1 is 1.47 bits per heavy atom. The number of hydrogen-bond donors (Lipinski definition) is 0. The summed E-state index contributed by atoms with van der Waals surface area (Å²) in [5.41, 5.74) is 0.689. The molecule has 1 aromatic carbocycles. The number of nitrogens with zero attached hydrogens (tertiary/aromatic N) is 1. The Morgan fingerprint density at radius 3 is 2.88 bits per heavy atom. The molecule has 0 aromatic heterocycles. The van der Waals surface area contributed by atoms with E-state index >= 15 is 0 Å². The summed E-state index contributed by atoms with van der Waals surface area (Å²) < 4.78 is 5.22. The number of benzene rings is 1. The first kappa shape index (κ1) is 12.1. The van der Waals surface area contributed by atoms with Crippen LogP contribution < -0.4 is 4.74 Å². The Hall–Kier alpha value is -1.35. The molecular weight excluding hydrogens is 214 g/mol. The van der Waals surface area contributed by atoms with Gasteiger partial charge < -0.3 is 4.74 Å². The molecule has 1 fully saturated rings. The zero-order chi connectivity index (χ0) is 12.3. The van der Waals surface area contributed by atoms with Crippen LogP contribution >= 0.6 is 0 Å². The van der Waals surface area contributed by atoms with Crippen molar-refractivity contribution in [2.45, 2.75) is 25.8 Å². The molecule has 2 rings (SSSR count). The minimum Gasteiger partial charge on any atom is -0.496 e. The van der Waals surface area contributed by atoms with Gasteiger partial charge >= 0.3 is 0 Å². The molecular formula is C14H19NO2. The van der Waals surface area contributed by atoms with E-state index in [9.17, 15) is 4.79 Å². The molecule has 3 heteroatoms. The summed E-state index contributed by atoms with van der Waals surface area (Å²) in [6.45, 7) is 3.71. The summed E-state index contributed by atoms with van der Waals surface area (Å²) >= 11 is 0.